The number of aromatic nitrogens is 2. The van der Waals surface area contributed by atoms with E-state index in [1.807, 2.05) is 41.5 Å². The van der Waals surface area contributed by atoms with Crippen molar-refractivity contribution in [3.8, 4) is 23.0 Å². The van der Waals surface area contributed by atoms with Gasteiger partial charge in [-0.25, -0.2) is 8.42 Å². The van der Waals surface area contributed by atoms with Gasteiger partial charge >= 0.3 is 26.4 Å². The van der Waals surface area contributed by atoms with Crippen molar-refractivity contribution < 1.29 is 62.5 Å². The Balaban J connectivity index is 0.000000235. The lowest BCUT2D eigenvalue weighted by Gasteiger charge is -2.26. The molecule has 0 aliphatic rings. The van der Waals surface area contributed by atoms with E-state index in [2.05, 4.69) is 28.9 Å². The predicted molar refractivity (Wildman–Crippen MR) is 217 cm³/mol. The number of alkyl halides is 8. The van der Waals surface area contributed by atoms with Gasteiger partial charge in [0.1, 0.15) is 0 Å². The molecular formula is C42H36F8N4O6S2. The molecule has 2 aromatic heterocycles. The van der Waals surface area contributed by atoms with Crippen molar-refractivity contribution in [2.24, 2.45) is 0 Å². The van der Waals surface area contributed by atoms with E-state index < -0.39 is 59.3 Å². The Morgan fingerprint density at radius 3 is 1.35 bits per heavy atom. The number of halogens is 8. The maximum Gasteiger partial charge on any atom is 0.387 e. The van der Waals surface area contributed by atoms with Crippen LogP contribution in [-0.4, -0.2) is 57.3 Å². The number of rotatable bonds is 18. The van der Waals surface area contributed by atoms with Crippen molar-refractivity contribution >= 4 is 44.3 Å². The Kier molecular flexibility index (Phi) is 16.6. The van der Waals surface area contributed by atoms with Gasteiger partial charge in [-0.3, -0.25) is 9.97 Å². The zero-order valence-corrected chi connectivity index (χ0v) is 34.1. The molecule has 0 aliphatic heterocycles. The van der Waals surface area contributed by atoms with E-state index in [1.165, 1.54) is 36.4 Å². The molecule has 0 atom stereocenters. The quantitative estimate of drug-likeness (QED) is 0.0608. The summed E-state index contributed by atoms with van der Waals surface area (Å²) in [5.41, 5.74) is 3.72. The topological polar surface area (TPSA) is 103 Å². The standard InChI is InChI=1S/C21H18F4N2O4S.C21H18F4N2O2S/c1-32(28,29)17-7-4-15(5-8-17)27(13-14-3-2-10-26-12-14)16-6-9-18(30-20(22)23)19(11-16)31-21(24)25;1-30-17-6-2-5-15(10-17)27(13-14-4-3-9-26-12-14)16-7-8-18(28-20(22)23)19(11-16)29-21(24)25/h2-12,20-21H,13H2,1H3;2-12,20-21H,13H2,1H3. The molecule has 10 nitrogen and oxygen atoms in total. The van der Waals surface area contributed by atoms with Crippen molar-refractivity contribution in [3.05, 3.63) is 145 Å². The zero-order chi connectivity index (χ0) is 44.8. The average Bonchev–Trinajstić information content (AvgIpc) is 3.23. The fourth-order valence-electron chi connectivity index (χ4n) is 5.76. The van der Waals surface area contributed by atoms with Gasteiger partial charge in [-0.2, -0.15) is 35.1 Å². The van der Waals surface area contributed by atoms with Crippen molar-refractivity contribution in [2.75, 3.05) is 22.3 Å². The maximum absolute atomic E-state index is 12.9. The maximum atomic E-state index is 12.9. The molecule has 20 heteroatoms. The number of ether oxygens (including phenoxy) is 4. The highest BCUT2D eigenvalue weighted by molar-refractivity contribution is 7.98. The molecule has 0 unspecified atom stereocenters. The van der Waals surface area contributed by atoms with Crippen molar-refractivity contribution in [1.82, 2.24) is 9.97 Å². The summed E-state index contributed by atoms with van der Waals surface area (Å²) >= 11 is 1.56. The van der Waals surface area contributed by atoms with Crippen LogP contribution in [0.15, 0.2) is 144 Å². The van der Waals surface area contributed by atoms with Crippen molar-refractivity contribution in [2.45, 2.75) is 49.3 Å². The third-order valence-electron chi connectivity index (χ3n) is 8.41. The Morgan fingerprint density at radius 1 is 0.532 bits per heavy atom. The summed E-state index contributed by atoms with van der Waals surface area (Å²) in [5, 5.41) is 0. The van der Waals surface area contributed by atoms with Gasteiger partial charge in [-0.15, -0.1) is 11.8 Å². The van der Waals surface area contributed by atoms with Crippen LogP contribution in [0.25, 0.3) is 0 Å². The molecular weight excluding hydrogens is 873 g/mol. The van der Waals surface area contributed by atoms with Gasteiger partial charge in [-0.05, 0) is 96.2 Å². The second-order valence-electron chi connectivity index (χ2n) is 12.6. The number of hydrogen-bond acceptors (Lipinski definition) is 11. The molecule has 0 bridgehead atoms. The van der Waals surface area contributed by atoms with E-state index in [9.17, 15) is 43.5 Å². The van der Waals surface area contributed by atoms with Crippen LogP contribution in [0.4, 0.5) is 57.9 Å². The Hall–Kier alpha value is -6.28. The molecule has 328 valence electrons. The molecule has 6 rings (SSSR count). The minimum atomic E-state index is -3.43. The number of sulfone groups is 1. The predicted octanol–water partition coefficient (Wildman–Crippen LogP) is 11.4. The lowest BCUT2D eigenvalue weighted by Crippen LogP contribution is -2.17. The first-order valence-corrected chi connectivity index (χ1v) is 21.1. The van der Waals surface area contributed by atoms with Gasteiger partial charge in [0.05, 0.1) is 4.90 Å². The highest BCUT2D eigenvalue weighted by Crippen LogP contribution is 2.39. The molecule has 2 heterocycles. The molecule has 0 saturated heterocycles. The summed E-state index contributed by atoms with van der Waals surface area (Å²) in [6.07, 6.45) is 9.53. The van der Waals surface area contributed by atoms with Crippen LogP contribution in [0.3, 0.4) is 0 Å². The molecule has 0 radical (unpaired) electrons. The third-order valence-corrected chi connectivity index (χ3v) is 10.3. The first-order chi connectivity index (χ1) is 29.6. The molecule has 6 aromatic rings. The van der Waals surface area contributed by atoms with Gasteiger partial charge in [0.15, 0.2) is 32.8 Å². The average molecular weight is 909 g/mol. The third kappa shape index (κ3) is 13.9. The Morgan fingerprint density at radius 2 is 0.952 bits per heavy atom. The van der Waals surface area contributed by atoms with Crippen LogP contribution in [0.1, 0.15) is 11.1 Å². The van der Waals surface area contributed by atoms with Crippen LogP contribution in [0.2, 0.25) is 0 Å². The van der Waals surface area contributed by atoms with Crippen LogP contribution < -0.4 is 28.7 Å². The van der Waals surface area contributed by atoms with Crippen molar-refractivity contribution in [1.29, 1.82) is 0 Å². The van der Waals surface area contributed by atoms with Gasteiger partial charge in [0.25, 0.3) is 0 Å². The largest absolute Gasteiger partial charge is 0.431 e. The smallest absolute Gasteiger partial charge is 0.387 e. The number of thioether (sulfide) groups is 1. The minimum absolute atomic E-state index is 0.102. The van der Waals surface area contributed by atoms with Crippen LogP contribution >= 0.6 is 11.8 Å². The second-order valence-corrected chi connectivity index (χ2v) is 15.5. The minimum Gasteiger partial charge on any atom is -0.431 e. The highest BCUT2D eigenvalue weighted by atomic mass is 32.2. The van der Waals surface area contributed by atoms with Gasteiger partial charge in [-0.1, -0.05) is 18.2 Å². The first kappa shape index (κ1) is 46.8. The number of pyridine rings is 2. The van der Waals surface area contributed by atoms with E-state index in [1.54, 1.807) is 71.8 Å². The van der Waals surface area contributed by atoms with Crippen LogP contribution in [0.5, 0.6) is 23.0 Å². The summed E-state index contributed by atoms with van der Waals surface area (Å²) in [6.45, 7) is -12.3. The molecule has 0 saturated carbocycles. The molecule has 0 spiro atoms. The molecule has 4 aromatic carbocycles. The van der Waals surface area contributed by atoms with E-state index >= 15 is 0 Å². The van der Waals surface area contributed by atoms with Gasteiger partial charge in [0, 0.05) is 83.9 Å². The fourth-order valence-corrected chi connectivity index (χ4v) is 6.84. The van der Waals surface area contributed by atoms with E-state index in [4.69, 9.17) is 0 Å². The molecule has 0 amide bonds. The molecule has 0 fully saturated rings. The number of anilines is 4. The number of benzene rings is 4. The lowest BCUT2D eigenvalue weighted by molar-refractivity contribution is -0.0692. The monoisotopic (exact) mass is 908 g/mol. The SMILES string of the molecule is CS(=O)(=O)c1ccc(N(Cc2cccnc2)c2ccc(OC(F)F)c(OC(F)F)c2)cc1.CSc1cccc(N(Cc2cccnc2)c2ccc(OC(F)F)c(OC(F)F)c2)c1. The summed E-state index contributed by atoms with van der Waals surface area (Å²) in [5.74, 6) is -2.05. The summed E-state index contributed by atoms with van der Waals surface area (Å²) in [4.78, 5) is 12.8. The normalized spacial score (nSPS) is 11.3. The summed E-state index contributed by atoms with van der Waals surface area (Å²) in [7, 11) is -3.43. The van der Waals surface area contributed by atoms with Gasteiger partial charge in [0.2, 0.25) is 0 Å². The molecule has 62 heavy (non-hydrogen) atoms. The Bertz CT molecular complexity index is 2440. The fraction of sp³-hybridized carbons (Fsp3) is 0.190. The van der Waals surface area contributed by atoms with Gasteiger partial charge < -0.3 is 28.7 Å². The Labute approximate surface area is 355 Å². The van der Waals surface area contributed by atoms with E-state index in [-0.39, 0.29) is 11.4 Å². The van der Waals surface area contributed by atoms with Crippen molar-refractivity contribution in [3.63, 3.8) is 0 Å². The number of nitrogens with zero attached hydrogens (tertiary/aromatic N) is 4. The lowest BCUT2D eigenvalue weighted by atomic mass is 10.2. The molecule has 0 aliphatic carbocycles. The van der Waals surface area contributed by atoms with E-state index in [0.29, 0.717) is 23.6 Å². The second kappa shape index (κ2) is 22.0. The number of hydrogen-bond donors (Lipinski definition) is 0. The summed E-state index contributed by atoms with van der Waals surface area (Å²) in [6, 6.07) is 28.3. The van der Waals surface area contributed by atoms with E-state index in [0.717, 1.165) is 40.1 Å². The summed E-state index contributed by atoms with van der Waals surface area (Å²) < 4.78 is 143. The zero-order valence-electron chi connectivity index (χ0n) is 32.5. The highest BCUT2D eigenvalue weighted by Gasteiger charge is 2.21. The van der Waals surface area contributed by atoms with Crippen LogP contribution in [-0.2, 0) is 22.9 Å². The first-order valence-electron chi connectivity index (χ1n) is 17.9. The van der Waals surface area contributed by atoms with Crippen LogP contribution in [0, 0.1) is 0 Å². The molecule has 0 N–H and O–H groups in total.